The lowest BCUT2D eigenvalue weighted by Crippen LogP contribution is -2.56. The fourth-order valence-corrected chi connectivity index (χ4v) is 10.3. The van der Waals surface area contributed by atoms with Crippen LogP contribution in [0.15, 0.2) is 11.1 Å². The highest BCUT2D eigenvalue weighted by Gasteiger charge is 2.68. The molecule has 37 heavy (non-hydrogen) atoms. The molecule has 4 aliphatic carbocycles. The van der Waals surface area contributed by atoms with Gasteiger partial charge in [-0.25, -0.2) is 0 Å². The van der Waals surface area contributed by atoms with E-state index in [-0.39, 0.29) is 28.8 Å². The fraction of sp³-hybridized carbons (Fsp3) is 0.879. The van der Waals surface area contributed by atoms with Crippen LogP contribution in [0.3, 0.4) is 0 Å². The van der Waals surface area contributed by atoms with Crippen LogP contribution in [0.25, 0.3) is 0 Å². The van der Waals surface area contributed by atoms with Gasteiger partial charge in [0.1, 0.15) is 5.78 Å². The molecule has 2 N–H and O–H groups in total. The molecule has 4 nitrogen and oxygen atoms in total. The first-order chi connectivity index (χ1) is 17.2. The normalized spacial score (nSPS) is 39.8. The maximum absolute atomic E-state index is 14.4. The van der Waals surface area contributed by atoms with E-state index >= 15 is 0 Å². The number of carbonyl (C=O) groups excluding carboxylic acids is 1. The second-order valence-corrected chi connectivity index (χ2v) is 14.9. The van der Waals surface area contributed by atoms with Gasteiger partial charge in [0.25, 0.3) is 0 Å². The molecule has 0 heterocycles. The van der Waals surface area contributed by atoms with Gasteiger partial charge in [-0.1, -0.05) is 78.9 Å². The molecule has 2 saturated carbocycles. The number of aliphatic hydroxyl groups excluding tert-OH is 1. The molecule has 0 bridgehead atoms. The lowest BCUT2D eigenvalue weighted by molar-refractivity contribution is -0.138. The van der Waals surface area contributed by atoms with Gasteiger partial charge in [-0.05, 0) is 91.3 Å². The van der Waals surface area contributed by atoms with Crippen molar-refractivity contribution in [3.05, 3.63) is 11.1 Å². The number of fused-ring (bicyclic) bond motifs is 4. The topological polar surface area (TPSA) is 74.6 Å². The lowest BCUT2D eigenvalue weighted by Gasteiger charge is -2.62. The molecular formula is C33H54O4. The highest BCUT2D eigenvalue weighted by atomic mass is 16.4. The Kier molecular flexibility index (Phi) is 7.87. The van der Waals surface area contributed by atoms with Crippen molar-refractivity contribution in [3.63, 3.8) is 0 Å². The predicted molar refractivity (Wildman–Crippen MR) is 149 cm³/mol. The molecule has 0 aromatic carbocycles. The van der Waals surface area contributed by atoms with Gasteiger partial charge in [0.15, 0.2) is 0 Å². The average molecular weight is 515 g/mol. The molecule has 0 radical (unpaired) electrons. The zero-order chi connectivity index (χ0) is 27.4. The third kappa shape index (κ3) is 4.45. The predicted octanol–water partition coefficient (Wildman–Crippen LogP) is 7.97. The van der Waals surface area contributed by atoms with Crippen LogP contribution in [0.5, 0.6) is 0 Å². The minimum atomic E-state index is -0.758. The summed E-state index contributed by atoms with van der Waals surface area (Å²) < 4.78 is 0. The van der Waals surface area contributed by atoms with Crippen molar-refractivity contribution in [2.45, 2.75) is 138 Å². The van der Waals surface area contributed by atoms with E-state index in [9.17, 15) is 19.8 Å². The molecule has 0 saturated heterocycles. The highest BCUT2D eigenvalue weighted by Crippen LogP contribution is 2.72. The Bertz CT molecular complexity index is 931. The molecule has 210 valence electrons. The van der Waals surface area contributed by atoms with Crippen LogP contribution < -0.4 is 0 Å². The number of carboxylic acid groups (broad SMARTS) is 1. The van der Waals surface area contributed by atoms with Gasteiger partial charge in [0.05, 0.1) is 11.5 Å². The molecule has 4 heteroatoms. The number of hydrogen-bond donors (Lipinski definition) is 2. The second-order valence-electron chi connectivity index (χ2n) is 14.9. The SMILES string of the molecule is CC(C)CCC[C@@H](C)[C@H]1CC(=O)[C@@]2(CCCC(=O)O)C3=C(CC[C@]12C)[C@@]1(C)CC[C@H](O)C(C)(C)[C@@H]1CC3. The van der Waals surface area contributed by atoms with Crippen LogP contribution in [0, 0.1) is 45.3 Å². The van der Waals surface area contributed by atoms with Crippen molar-refractivity contribution in [2.24, 2.45) is 45.3 Å². The summed E-state index contributed by atoms with van der Waals surface area (Å²) in [6.45, 7) is 16.3. The molecule has 7 atom stereocenters. The van der Waals surface area contributed by atoms with Gasteiger partial charge in [-0.3, -0.25) is 9.59 Å². The molecule has 0 aromatic heterocycles. The number of allylic oxidation sites excluding steroid dienone is 2. The monoisotopic (exact) mass is 514 g/mol. The Morgan fingerprint density at radius 2 is 1.68 bits per heavy atom. The summed E-state index contributed by atoms with van der Waals surface area (Å²) in [6, 6.07) is 0. The highest BCUT2D eigenvalue weighted by molar-refractivity contribution is 5.92. The molecule has 0 aromatic rings. The molecule has 2 fully saturated rings. The van der Waals surface area contributed by atoms with E-state index in [0.29, 0.717) is 48.7 Å². The summed E-state index contributed by atoms with van der Waals surface area (Å²) in [5.41, 5.74) is 2.25. The maximum atomic E-state index is 14.4. The standard InChI is InChI=1S/C33H54O4/c1-21(2)10-8-11-22(3)25-20-28(35)33(17-9-12-29(36)37)24-13-14-26-30(4,5)27(34)16-18-31(26,6)23(24)15-19-32(25,33)7/h21-22,25-27,34H,8-20H2,1-7H3,(H,36,37)/t22-,25-,26+,27+,31-,32-,33-/m1/s1. The maximum Gasteiger partial charge on any atom is 0.303 e. The fourth-order valence-electron chi connectivity index (χ4n) is 10.3. The molecule has 0 spiro atoms. The van der Waals surface area contributed by atoms with Gasteiger partial charge >= 0.3 is 5.97 Å². The molecular weight excluding hydrogens is 460 g/mol. The average Bonchev–Trinajstić information content (AvgIpc) is 3.04. The Hall–Kier alpha value is -1.16. The van der Waals surface area contributed by atoms with Crippen LogP contribution >= 0.6 is 0 Å². The van der Waals surface area contributed by atoms with Crippen LogP contribution in [0.4, 0.5) is 0 Å². The second kappa shape index (κ2) is 10.1. The summed E-state index contributed by atoms with van der Waals surface area (Å²) in [5.74, 6) is 1.66. The third-order valence-corrected chi connectivity index (χ3v) is 12.4. The first-order valence-electron chi connectivity index (χ1n) is 15.4. The number of carboxylic acids is 1. The van der Waals surface area contributed by atoms with Crippen LogP contribution in [0.1, 0.15) is 132 Å². The summed E-state index contributed by atoms with van der Waals surface area (Å²) in [6.07, 6.45) is 11.3. The van der Waals surface area contributed by atoms with E-state index in [2.05, 4.69) is 48.5 Å². The van der Waals surface area contributed by atoms with E-state index < -0.39 is 11.4 Å². The van der Waals surface area contributed by atoms with Crippen molar-refractivity contribution >= 4 is 11.8 Å². The van der Waals surface area contributed by atoms with Crippen LogP contribution in [-0.4, -0.2) is 28.1 Å². The first kappa shape index (κ1) is 28.8. The van der Waals surface area contributed by atoms with E-state index in [0.717, 1.165) is 38.5 Å². The van der Waals surface area contributed by atoms with Gasteiger partial charge in [-0.2, -0.15) is 0 Å². The summed E-state index contributed by atoms with van der Waals surface area (Å²) in [4.78, 5) is 25.9. The van der Waals surface area contributed by atoms with Crippen molar-refractivity contribution in [1.82, 2.24) is 0 Å². The van der Waals surface area contributed by atoms with E-state index in [1.165, 1.54) is 30.4 Å². The smallest absolute Gasteiger partial charge is 0.303 e. The van der Waals surface area contributed by atoms with Gasteiger partial charge < -0.3 is 10.2 Å². The Labute approximate surface area is 226 Å². The first-order valence-corrected chi connectivity index (χ1v) is 15.4. The Morgan fingerprint density at radius 3 is 2.32 bits per heavy atom. The number of aliphatic hydroxyl groups is 1. The zero-order valence-electron chi connectivity index (χ0n) is 24.8. The van der Waals surface area contributed by atoms with Crippen molar-refractivity contribution in [3.8, 4) is 0 Å². The molecule has 4 rings (SSSR count). The summed E-state index contributed by atoms with van der Waals surface area (Å²) in [7, 11) is 0. The number of Topliss-reactive ketones (excluding diaryl/α,β-unsaturated/α-hetero) is 1. The molecule has 0 aliphatic heterocycles. The quantitative estimate of drug-likeness (QED) is 0.306. The number of ketones is 1. The zero-order valence-corrected chi connectivity index (χ0v) is 24.8. The molecule has 0 unspecified atom stereocenters. The van der Waals surface area contributed by atoms with Gasteiger partial charge in [0.2, 0.25) is 0 Å². The van der Waals surface area contributed by atoms with Crippen LogP contribution in [0.2, 0.25) is 0 Å². The molecule has 0 amide bonds. The van der Waals surface area contributed by atoms with E-state index in [1.54, 1.807) is 0 Å². The van der Waals surface area contributed by atoms with Crippen molar-refractivity contribution in [1.29, 1.82) is 0 Å². The summed E-state index contributed by atoms with van der Waals surface area (Å²) >= 11 is 0. The van der Waals surface area contributed by atoms with E-state index in [1.807, 2.05) is 0 Å². The Morgan fingerprint density at radius 1 is 0.973 bits per heavy atom. The number of hydrogen-bond acceptors (Lipinski definition) is 3. The third-order valence-electron chi connectivity index (χ3n) is 12.4. The molecule has 4 aliphatic rings. The van der Waals surface area contributed by atoms with Gasteiger partial charge in [0, 0.05) is 12.8 Å². The number of carbonyl (C=O) groups is 2. The Balaban J connectivity index is 1.76. The van der Waals surface area contributed by atoms with Gasteiger partial charge in [-0.15, -0.1) is 0 Å². The van der Waals surface area contributed by atoms with Crippen molar-refractivity contribution in [2.75, 3.05) is 0 Å². The number of aliphatic carboxylic acids is 1. The van der Waals surface area contributed by atoms with E-state index in [4.69, 9.17) is 0 Å². The van der Waals surface area contributed by atoms with Crippen LogP contribution in [-0.2, 0) is 9.59 Å². The largest absolute Gasteiger partial charge is 0.481 e. The minimum Gasteiger partial charge on any atom is -0.481 e. The lowest BCUT2D eigenvalue weighted by atomic mass is 9.42. The number of rotatable bonds is 9. The summed E-state index contributed by atoms with van der Waals surface area (Å²) in [5, 5.41) is 20.4. The minimum absolute atomic E-state index is 0.0265. The van der Waals surface area contributed by atoms with Crippen molar-refractivity contribution < 1.29 is 19.8 Å².